The number of hydrogen-bond donors (Lipinski definition) is 1. The van der Waals surface area contributed by atoms with Crippen LogP contribution in [0.5, 0.6) is 0 Å². The summed E-state index contributed by atoms with van der Waals surface area (Å²) in [5, 5.41) is 0.412. The highest BCUT2D eigenvalue weighted by Crippen LogP contribution is 2.29. The van der Waals surface area contributed by atoms with Gasteiger partial charge in [0, 0.05) is 11.6 Å². The van der Waals surface area contributed by atoms with E-state index in [0.29, 0.717) is 34.9 Å². The second-order valence-corrected chi connectivity index (χ2v) is 10.3. The van der Waals surface area contributed by atoms with Crippen LogP contribution >= 0.6 is 11.6 Å². The molecule has 0 radical (unpaired) electrons. The van der Waals surface area contributed by atoms with Gasteiger partial charge in [-0.1, -0.05) is 23.7 Å². The highest BCUT2D eigenvalue weighted by molar-refractivity contribution is 7.93. The Morgan fingerprint density at radius 1 is 1.12 bits per heavy atom. The fourth-order valence-corrected chi connectivity index (χ4v) is 6.01. The summed E-state index contributed by atoms with van der Waals surface area (Å²) in [6.45, 7) is 2.02. The molecule has 0 unspecified atom stereocenters. The highest BCUT2D eigenvalue weighted by Gasteiger charge is 2.27. The molecular formula is C17H19ClN2O4S2. The maximum atomic E-state index is 12.8. The van der Waals surface area contributed by atoms with Crippen molar-refractivity contribution < 1.29 is 16.8 Å². The van der Waals surface area contributed by atoms with Crippen LogP contribution in [0, 0.1) is 6.92 Å². The Bertz CT molecular complexity index is 1040. The molecule has 3 rings (SSSR count). The number of sulfonamides is 2. The minimum absolute atomic E-state index is 0.0377. The number of benzene rings is 2. The van der Waals surface area contributed by atoms with E-state index < -0.39 is 20.0 Å². The van der Waals surface area contributed by atoms with Crippen molar-refractivity contribution in [3.05, 3.63) is 53.1 Å². The lowest BCUT2D eigenvalue weighted by Crippen LogP contribution is -2.38. The van der Waals surface area contributed by atoms with Crippen LogP contribution in [0.1, 0.15) is 18.4 Å². The minimum atomic E-state index is -3.89. The molecule has 9 heteroatoms. The zero-order chi connectivity index (χ0) is 18.9. The zero-order valence-electron chi connectivity index (χ0n) is 14.1. The maximum absolute atomic E-state index is 12.8. The summed E-state index contributed by atoms with van der Waals surface area (Å²) in [4.78, 5) is 0.0377. The van der Waals surface area contributed by atoms with Crippen molar-refractivity contribution in [1.29, 1.82) is 0 Å². The van der Waals surface area contributed by atoms with Gasteiger partial charge in [-0.2, -0.15) is 0 Å². The molecule has 1 N–H and O–H groups in total. The lowest BCUT2D eigenvalue weighted by atomic mass is 10.2. The average molecular weight is 415 g/mol. The van der Waals surface area contributed by atoms with Crippen LogP contribution in [-0.2, 0) is 20.0 Å². The molecule has 6 nitrogen and oxygen atoms in total. The number of nitrogens with zero attached hydrogens (tertiary/aromatic N) is 1. The molecule has 140 valence electrons. The molecule has 26 heavy (non-hydrogen) atoms. The molecule has 0 aliphatic carbocycles. The summed E-state index contributed by atoms with van der Waals surface area (Å²) < 4.78 is 54.0. The van der Waals surface area contributed by atoms with Crippen LogP contribution in [-0.4, -0.2) is 29.1 Å². The molecule has 1 aliphatic heterocycles. The second kappa shape index (κ2) is 7.09. The lowest BCUT2D eigenvalue weighted by molar-refractivity contribution is 0.574. The smallest absolute Gasteiger partial charge is 0.262 e. The summed E-state index contributed by atoms with van der Waals surface area (Å²) in [5.41, 5.74) is 1.23. The lowest BCUT2D eigenvalue weighted by Gasteiger charge is -2.28. The standard InChI is InChI=1S/C17H19ClN2O4S2/c1-13-7-8-16(20-9-2-3-10-25(20,21)22)12-17(13)26(23,24)19-15-6-4-5-14(18)11-15/h4-8,11-12,19H,2-3,9-10H2,1H3. The minimum Gasteiger partial charge on any atom is -0.280 e. The van der Waals surface area contributed by atoms with Gasteiger partial charge in [-0.25, -0.2) is 16.8 Å². The van der Waals surface area contributed by atoms with Crippen molar-refractivity contribution in [2.75, 3.05) is 21.3 Å². The Balaban J connectivity index is 1.99. The van der Waals surface area contributed by atoms with Crippen molar-refractivity contribution in [2.24, 2.45) is 0 Å². The monoisotopic (exact) mass is 414 g/mol. The van der Waals surface area contributed by atoms with Crippen LogP contribution in [0.25, 0.3) is 0 Å². The fourth-order valence-electron chi connectivity index (χ4n) is 2.87. The van der Waals surface area contributed by atoms with E-state index in [-0.39, 0.29) is 10.6 Å². The van der Waals surface area contributed by atoms with Crippen LogP contribution in [0.4, 0.5) is 11.4 Å². The van der Waals surface area contributed by atoms with E-state index in [1.807, 2.05) is 0 Å². The van der Waals surface area contributed by atoms with E-state index in [9.17, 15) is 16.8 Å². The summed E-state index contributed by atoms with van der Waals surface area (Å²) in [5.74, 6) is 0.0731. The van der Waals surface area contributed by atoms with Crippen LogP contribution in [0.3, 0.4) is 0 Å². The van der Waals surface area contributed by atoms with Crippen LogP contribution in [0.2, 0.25) is 5.02 Å². The van der Waals surface area contributed by atoms with Crippen molar-refractivity contribution in [1.82, 2.24) is 0 Å². The first kappa shape index (κ1) is 19.0. The van der Waals surface area contributed by atoms with Crippen LogP contribution in [0.15, 0.2) is 47.4 Å². The van der Waals surface area contributed by atoms with E-state index in [0.717, 1.165) is 6.42 Å². The van der Waals surface area contributed by atoms with Gasteiger partial charge in [0.05, 0.1) is 22.0 Å². The van der Waals surface area contributed by atoms with E-state index >= 15 is 0 Å². The predicted molar refractivity (Wildman–Crippen MR) is 104 cm³/mol. The summed E-state index contributed by atoms with van der Waals surface area (Å²) >= 11 is 5.90. The van der Waals surface area contributed by atoms with E-state index in [1.165, 1.54) is 16.4 Å². The second-order valence-electron chi connectivity index (χ2n) is 6.16. The first-order valence-corrected chi connectivity index (χ1v) is 11.6. The number of hydrogen-bond acceptors (Lipinski definition) is 4. The van der Waals surface area contributed by atoms with Gasteiger partial charge in [0.2, 0.25) is 10.0 Å². The molecule has 0 bridgehead atoms. The first-order chi connectivity index (χ1) is 12.2. The van der Waals surface area contributed by atoms with Crippen molar-refractivity contribution in [2.45, 2.75) is 24.7 Å². The van der Waals surface area contributed by atoms with E-state index in [4.69, 9.17) is 11.6 Å². The number of nitrogens with one attached hydrogen (secondary N) is 1. The molecule has 0 spiro atoms. The van der Waals surface area contributed by atoms with Gasteiger partial charge in [0.15, 0.2) is 0 Å². The Morgan fingerprint density at radius 3 is 2.58 bits per heavy atom. The highest BCUT2D eigenvalue weighted by atomic mass is 35.5. The molecule has 0 amide bonds. The molecule has 1 saturated heterocycles. The topological polar surface area (TPSA) is 83.6 Å². The first-order valence-electron chi connectivity index (χ1n) is 8.08. The SMILES string of the molecule is Cc1ccc(N2CCCCS2(=O)=O)cc1S(=O)(=O)Nc1cccc(Cl)c1. The van der Waals surface area contributed by atoms with Gasteiger partial charge in [0.1, 0.15) is 0 Å². The molecule has 0 aromatic heterocycles. The van der Waals surface area contributed by atoms with Crippen LogP contribution < -0.4 is 9.03 Å². The third-order valence-electron chi connectivity index (χ3n) is 4.18. The predicted octanol–water partition coefficient (Wildman–Crippen LogP) is 3.38. The summed E-state index contributed by atoms with van der Waals surface area (Å²) in [6.07, 6.45) is 1.36. The largest absolute Gasteiger partial charge is 0.280 e. The van der Waals surface area contributed by atoms with E-state index in [1.54, 1.807) is 37.3 Å². The average Bonchev–Trinajstić information content (AvgIpc) is 2.54. The molecule has 1 fully saturated rings. The molecule has 2 aromatic rings. The molecular weight excluding hydrogens is 396 g/mol. The van der Waals surface area contributed by atoms with Gasteiger partial charge < -0.3 is 0 Å². The van der Waals surface area contributed by atoms with Gasteiger partial charge >= 0.3 is 0 Å². The Kier molecular flexibility index (Phi) is 5.18. The quantitative estimate of drug-likeness (QED) is 0.831. The van der Waals surface area contributed by atoms with Gasteiger partial charge in [-0.15, -0.1) is 0 Å². The Morgan fingerprint density at radius 2 is 1.88 bits per heavy atom. The number of aryl methyl sites for hydroxylation is 1. The summed E-state index contributed by atoms with van der Waals surface area (Å²) in [6, 6.07) is 11.1. The zero-order valence-corrected chi connectivity index (χ0v) is 16.5. The van der Waals surface area contributed by atoms with Gasteiger partial charge in [-0.3, -0.25) is 9.03 Å². The fraction of sp³-hybridized carbons (Fsp3) is 0.294. The molecule has 1 aliphatic rings. The maximum Gasteiger partial charge on any atom is 0.262 e. The van der Waals surface area contributed by atoms with Crippen molar-refractivity contribution in [3.63, 3.8) is 0 Å². The van der Waals surface area contributed by atoms with Crippen molar-refractivity contribution >= 4 is 43.0 Å². The normalized spacial score (nSPS) is 17.1. The van der Waals surface area contributed by atoms with Gasteiger partial charge in [0.25, 0.3) is 10.0 Å². The van der Waals surface area contributed by atoms with Crippen molar-refractivity contribution in [3.8, 4) is 0 Å². The Labute approximate surface area is 158 Å². The van der Waals surface area contributed by atoms with Gasteiger partial charge in [-0.05, 0) is 55.7 Å². The summed E-state index contributed by atoms with van der Waals surface area (Å²) in [7, 11) is -7.30. The third-order valence-corrected chi connectivity index (χ3v) is 7.80. The molecule has 1 heterocycles. The number of halogens is 1. The number of anilines is 2. The third kappa shape index (κ3) is 3.97. The molecule has 0 atom stereocenters. The molecule has 2 aromatic carbocycles. The number of rotatable bonds is 4. The Hall–Kier alpha value is -1.77. The van der Waals surface area contributed by atoms with E-state index in [2.05, 4.69) is 4.72 Å². The molecule has 0 saturated carbocycles.